The Hall–Kier alpha value is -1.06. The van der Waals surface area contributed by atoms with E-state index in [9.17, 15) is 9.59 Å². The molecule has 0 aromatic heterocycles. The van der Waals surface area contributed by atoms with Gasteiger partial charge in [0.15, 0.2) is 0 Å². The van der Waals surface area contributed by atoms with E-state index in [4.69, 9.17) is 4.74 Å². The topological polar surface area (TPSA) is 52.6 Å². The summed E-state index contributed by atoms with van der Waals surface area (Å²) in [4.78, 5) is 21.7. The largest absolute Gasteiger partial charge is 0.415 e. The molecule has 0 aliphatic rings. The Kier molecular flexibility index (Phi) is 3.91. The van der Waals surface area contributed by atoms with Gasteiger partial charge in [0.05, 0.1) is 5.41 Å². The first kappa shape index (κ1) is 11.9. The summed E-state index contributed by atoms with van der Waals surface area (Å²) in [5, 5.41) is 0. The smallest absolute Gasteiger partial charge is 0.331 e. The minimum Gasteiger partial charge on any atom is -0.415 e. The molecule has 0 spiro atoms. The van der Waals surface area contributed by atoms with E-state index in [1.165, 1.54) is 13.8 Å². The minimum atomic E-state index is -0.596. The summed E-state index contributed by atoms with van der Waals surface area (Å²) in [6.07, 6.45) is -0.0348. The molecule has 0 aromatic carbocycles. The Morgan fingerprint density at radius 2 is 1.46 bits per heavy atom. The molecule has 4 heteroatoms. The van der Waals surface area contributed by atoms with Crippen molar-refractivity contribution in [2.45, 2.75) is 34.6 Å². The van der Waals surface area contributed by atoms with E-state index < -0.39 is 17.4 Å². The summed E-state index contributed by atoms with van der Waals surface area (Å²) >= 11 is 0. The van der Waals surface area contributed by atoms with Crippen molar-refractivity contribution in [1.29, 1.82) is 0 Å². The van der Waals surface area contributed by atoms with Gasteiger partial charge in [-0.15, -0.1) is 0 Å². The molecule has 0 saturated carbocycles. The first-order valence-corrected chi connectivity index (χ1v) is 3.97. The Balaban J connectivity index is 4.00. The van der Waals surface area contributed by atoms with Crippen molar-refractivity contribution in [2.24, 2.45) is 5.41 Å². The fourth-order valence-corrected chi connectivity index (χ4v) is 0.507. The summed E-state index contributed by atoms with van der Waals surface area (Å²) in [6.45, 7) is 7.82. The average molecular weight is 187 g/mol. The highest BCUT2D eigenvalue weighted by molar-refractivity contribution is 5.76. The van der Waals surface area contributed by atoms with Gasteiger partial charge < -0.3 is 9.47 Å². The highest BCUT2D eigenvalue weighted by atomic mass is 16.7. The first-order valence-electron chi connectivity index (χ1n) is 3.97. The molecule has 0 heterocycles. The maximum Gasteiger partial charge on any atom is 0.331 e. The first-order chi connectivity index (χ1) is 5.73. The van der Waals surface area contributed by atoms with Crippen LogP contribution in [0.1, 0.15) is 34.6 Å². The number of hydrogen-bond donors (Lipinski definition) is 0. The van der Waals surface area contributed by atoms with Crippen molar-refractivity contribution in [3.8, 4) is 0 Å². The lowest BCUT2D eigenvalue weighted by molar-refractivity contribution is -0.168. The quantitative estimate of drug-likeness (QED) is 0.617. The lowest BCUT2D eigenvalue weighted by Crippen LogP contribution is -2.25. The van der Waals surface area contributed by atoms with Gasteiger partial charge in [0.2, 0.25) is 0 Å². The second kappa shape index (κ2) is 4.25. The molecule has 0 N–H and O–H groups in total. The summed E-state index contributed by atoms with van der Waals surface area (Å²) in [5.41, 5.74) is -0.596. The Labute approximate surface area is 78.2 Å². The third-order valence-corrected chi connectivity index (χ3v) is 1.14. The summed E-state index contributed by atoms with van der Waals surface area (Å²) in [7, 11) is 0. The molecule has 0 aliphatic heterocycles. The second-order valence-electron chi connectivity index (χ2n) is 3.72. The Bertz CT molecular complexity index is 202. The molecule has 1 radical (unpaired) electrons. The molecule has 0 rings (SSSR count). The van der Waals surface area contributed by atoms with Crippen molar-refractivity contribution in [3.63, 3.8) is 0 Å². The predicted octanol–water partition coefficient (Wildman–Crippen LogP) is 1.65. The van der Waals surface area contributed by atoms with Gasteiger partial charge in [0.1, 0.15) is 0 Å². The summed E-state index contributed by atoms with van der Waals surface area (Å²) in [5.74, 6) is -0.926. The Morgan fingerprint density at radius 3 is 1.77 bits per heavy atom. The molecule has 4 nitrogen and oxygen atoms in total. The lowest BCUT2D eigenvalue weighted by Gasteiger charge is -2.18. The monoisotopic (exact) mass is 187 g/mol. The maximum absolute atomic E-state index is 11.2. The molecule has 0 aliphatic carbocycles. The van der Waals surface area contributed by atoms with Gasteiger partial charge in [-0.05, 0) is 20.8 Å². The zero-order chi connectivity index (χ0) is 10.6. The van der Waals surface area contributed by atoms with Crippen LogP contribution in [0.25, 0.3) is 0 Å². The minimum absolute atomic E-state index is 0.0348. The SMILES string of the molecule is C[C](OC(C)=O)OC(=O)C(C)(C)C. The van der Waals surface area contributed by atoms with Crippen LogP contribution in [0.3, 0.4) is 0 Å². The van der Waals surface area contributed by atoms with Crippen LogP contribution in [0.5, 0.6) is 0 Å². The van der Waals surface area contributed by atoms with E-state index in [-0.39, 0.29) is 6.29 Å². The second-order valence-corrected chi connectivity index (χ2v) is 3.72. The number of hydrogen-bond acceptors (Lipinski definition) is 4. The summed E-state index contributed by atoms with van der Waals surface area (Å²) < 4.78 is 9.31. The van der Waals surface area contributed by atoms with Gasteiger partial charge in [-0.2, -0.15) is 0 Å². The van der Waals surface area contributed by atoms with Crippen LogP contribution in [-0.2, 0) is 19.1 Å². The highest BCUT2D eigenvalue weighted by Gasteiger charge is 2.26. The van der Waals surface area contributed by atoms with Gasteiger partial charge in [-0.25, -0.2) is 0 Å². The predicted molar refractivity (Wildman–Crippen MR) is 46.2 cm³/mol. The number of rotatable bonds is 2. The standard InChI is InChI=1S/C9H15O4/c1-6(10)12-7(2)13-8(11)9(3,4)5/h1-5H3. The number of esters is 2. The van der Waals surface area contributed by atoms with Crippen LogP contribution < -0.4 is 0 Å². The molecule has 0 bridgehead atoms. The third kappa shape index (κ3) is 5.22. The van der Waals surface area contributed by atoms with Crippen LogP contribution >= 0.6 is 0 Å². The van der Waals surface area contributed by atoms with Gasteiger partial charge in [0, 0.05) is 13.8 Å². The molecule has 0 aromatic rings. The molecule has 13 heavy (non-hydrogen) atoms. The van der Waals surface area contributed by atoms with E-state index in [0.29, 0.717) is 0 Å². The molecule has 0 fully saturated rings. The van der Waals surface area contributed by atoms with Gasteiger partial charge in [-0.3, -0.25) is 9.59 Å². The molecule has 0 amide bonds. The van der Waals surface area contributed by atoms with Crippen LogP contribution in [0.4, 0.5) is 0 Å². The average Bonchev–Trinajstić information content (AvgIpc) is 1.82. The van der Waals surface area contributed by atoms with Crippen molar-refractivity contribution in [2.75, 3.05) is 0 Å². The molecular formula is C9H15O4. The zero-order valence-corrected chi connectivity index (χ0v) is 8.63. The molecule has 0 unspecified atom stereocenters. The van der Waals surface area contributed by atoms with E-state index in [1.807, 2.05) is 0 Å². The van der Waals surface area contributed by atoms with E-state index in [2.05, 4.69) is 4.74 Å². The van der Waals surface area contributed by atoms with Gasteiger partial charge >= 0.3 is 18.2 Å². The van der Waals surface area contributed by atoms with E-state index in [1.54, 1.807) is 20.8 Å². The van der Waals surface area contributed by atoms with Crippen LogP contribution in [0.15, 0.2) is 0 Å². The van der Waals surface area contributed by atoms with E-state index in [0.717, 1.165) is 0 Å². The van der Waals surface area contributed by atoms with Crippen molar-refractivity contribution in [1.82, 2.24) is 0 Å². The fraction of sp³-hybridized carbons (Fsp3) is 0.667. The number of carbonyl (C=O) groups is 2. The molecular weight excluding hydrogens is 172 g/mol. The van der Waals surface area contributed by atoms with Gasteiger partial charge in [0.25, 0.3) is 0 Å². The fourth-order valence-electron chi connectivity index (χ4n) is 0.507. The molecule has 0 atom stereocenters. The number of ether oxygens (including phenoxy) is 2. The molecule has 75 valence electrons. The third-order valence-electron chi connectivity index (χ3n) is 1.14. The summed E-state index contributed by atoms with van der Waals surface area (Å²) in [6, 6.07) is 0. The van der Waals surface area contributed by atoms with Crippen molar-refractivity contribution < 1.29 is 19.1 Å². The Morgan fingerprint density at radius 1 is 1.00 bits per heavy atom. The molecule has 0 saturated heterocycles. The normalized spacial score (nSPS) is 11.2. The van der Waals surface area contributed by atoms with Gasteiger partial charge in [-0.1, -0.05) is 0 Å². The van der Waals surface area contributed by atoms with Crippen LogP contribution in [-0.4, -0.2) is 11.9 Å². The highest BCUT2D eigenvalue weighted by Crippen LogP contribution is 2.18. The van der Waals surface area contributed by atoms with E-state index >= 15 is 0 Å². The van der Waals surface area contributed by atoms with Crippen molar-refractivity contribution in [3.05, 3.63) is 6.29 Å². The lowest BCUT2D eigenvalue weighted by atomic mass is 9.97. The maximum atomic E-state index is 11.2. The number of carbonyl (C=O) groups excluding carboxylic acids is 2. The van der Waals surface area contributed by atoms with Crippen LogP contribution in [0.2, 0.25) is 0 Å². The zero-order valence-electron chi connectivity index (χ0n) is 8.63. The van der Waals surface area contributed by atoms with Crippen LogP contribution in [0, 0.1) is 11.7 Å². The van der Waals surface area contributed by atoms with Crippen molar-refractivity contribution >= 4 is 11.9 Å².